The van der Waals surface area contributed by atoms with E-state index in [0.717, 1.165) is 25.7 Å². The summed E-state index contributed by atoms with van der Waals surface area (Å²) >= 11 is 0. The molecule has 1 unspecified atom stereocenters. The third-order valence-corrected chi connectivity index (χ3v) is 2.93. The molecule has 1 rings (SSSR count). The Bertz CT molecular complexity index is 173. The SMILES string of the molecule is CCCCCCCC(=O)C(O)C1CC1. The largest absolute Gasteiger partial charge is 0.385 e. The number of rotatable bonds is 8. The molecule has 1 saturated carbocycles. The number of Topliss-reactive ketones (excluding diaryl/α,β-unsaturated/α-hetero) is 1. The van der Waals surface area contributed by atoms with Crippen LogP contribution >= 0.6 is 0 Å². The quantitative estimate of drug-likeness (QED) is 0.609. The first kappa shape index (κ1) is 11.7. The molecule has 14 heavy (non-hydrogen) atoms. The lowest BCUT2D eigenvalue weighted by atomic mass is 10.0. The average molecular weight is 198 g/mol. The second-order valence-corrected chi connectivity index (χ2v) is 4.41. The van der Waals surface area contributed by atoms with Crippen molar-refractivity contribution in [1.29, 1.82) is 0 Å². The number of unbranched alkanes of at least 4 members (excludes halogenated alkanes) is 4. The molecule has 0 saturated heterocycles. The highest BCUT2D eigenvalue weighted by Crippen LogP contribution is 2.33. The molecule has 2 heteroatoms. The summed E-state index contributed by atoms with van der Waals surface area (Å²) in [4.78, 5) is 11.4. The fourth-order valence-electron chi connectivity index (χ4n) is 1.73. The van der Waals surface area contributed by atoms with Crippen LogP contribution in [-0.4, -0.2) is 17.0 Å². The van der Waals surface area contributed by atoms with Crippen LogP contribution in [0.5, 0.6) is 0 Å². The maximum absolute atomic E-state index is 11.4. The number of carbonyl (C=O) groups excluding carboxylic acids is 1. The first-order chi connectivity index (χ1) is 6.75. The van der Waals surface area contributed by atoms with E-state index in [4.69, 9.17) is 0 Å². The zero-order valence-electron chi connectivity index (χ0n) is 9.17. The highest BCUT2D eigenvalue weighted by Gasteiger charge is 2.33. The van der Waals surface area contributed by atoms with Gasteiger partial charge in [0.15, 0.2) is 5.78 Å². The Labute approximate surface area is 86.7 Å². The predicted octanol–water partition coefficient (Wildman–Crippen LogP) is 2.69. The van der Waals surface area contributed by atoms with E-state index in [1.54, 1.807) is 0 Å². The van der Waals surface area contributed by atoms with Gasteiger partial charge in [0.05, 0.1) is 0 Å². The van der Waals surface area contributed by atoms with Gasteiger partial charge in [0, 0.05) is 6.42 Å². The van der Waals surface area contributed by atoms with Gasteiger partial charge in [-0.3, -0.25) is 4.79 Å². The van der Waals surface area contributed by atoms with Crippen LogP contribution in [0.4, 0.5) is 0 Å². The Morgan fingerprint density at radius 2 is 1.93 bits per heavy atom. The number of aliphatic hydroxyl groups excluding tert-OH is 1. The average Bonchev–Trinajstić information content (AvgIpc) is 2.99. The van der Waals surface area contributed by atoms with Crippen molar-refractivity contribution < 1.29 is 9.90 Å². The van der Waals surface area contributed by atoms with E-state index in [2.05, 4.69) is 6.92 Å². The lowest BCUT2D eigenvalue weighted by Gasteiger charge is -2.07. The topological polar surface area (TPSA) is 37.3 Å². The first-order valence-corrected chi connectivity index (χ1v) is 5.96. The van der Waals surface area contributed by atoms with Gasteiger partial charge in [0.25, 0.3) is 0 Å². The molecular formula is C12H22O2. The summed E-state index contributed by atoms with van der Waals surface area (Å²) in [7, 11) is 0. The van der Waals surface area contributed by atoms with Crippen LogP contribution in [0.1, 0.15) is 58.3 Å². The zero-order chi connectivity index (χ0) is 10.4. The summed E-state index contributed by atoms with van der Waals surface area (Å²) in [6.07, 6.45) is 7.86. The molecule has 0 amide bonds. The minimum absolute atomic E-state index is 0.0731. The molecule has 0 radical (unpaired) electrons. The summed E-state index contributed by atoms with van der Waals surface area (Å²) in [5.41, 5.74) is 0. The molecule has 1 fully saturated rings. The molecule has 1 atom stereocenters. The second-order valence-electron chi connectivity index (χ2n) is 4.41. The minimum atomic E-state index is -0.638. The Kier molecular flexibility index (Phi) is 5.16. The molecule has 0 bridgehead atoms. The van der Waals surface area contributed by atoms with Gasteiger partial charge >= 0.3 is 0 Å². The van der Waals surface area contributed by atoms with E-state index in [-0.39, 0.29) is 5.78 Å². The Morgan fingerprint density at radius 3 is 2.50 bits per heavy atom. The molecule has 82 valence electrons. The minimum Gasteiger partial charge on any atom is -0.385 e. The van der Waals surface area contributed by atoms with Gasteiger partial charge in [-0.05, 0) is 25.2 Å². The van der Waals surface area contributed by atoms with E-state index >= 15 is 0 Å². The van der Waals surface area contributed by atoms with Crippen molar-refractivity contribution in [3.8, 4) is 0 Å². The molecule has 0 aromatic heterocycles. The third kappa shape index (κ3) is 4.23. The number of hydrogen-bond acceptors (Lipinski definition) is 2. The fraction of sp³-hybridized carbons (Fsp3) is 0.917. The molecule has 2 nitrogen and oxygen atoms in total. The maximum Gasteiger partial charge on any atom is 0.161 e. The van der Waals surface area contributed by atoms with Crippen LogP contribution in [0.3, 0.4) is 0 Å². The van der Waals surface area contributed by atoms with Crippen molar-refractivity contribution in [2.75, 3.05) is 0 Å². The van der Waals surface area contributed by atoms with E-state index < -0.39 is 6.10 Å². The predicted molar refractivity (Wildman–Crippen MR) is 57.1 cm³/mol. The Balaban J connectivity index is 1.97. The smallest absolute Gasteiger partial charge is 0.161 e. The summed E-state index contributed by atoms with van der Waals surface area (Å²) < 4.78 is 0. The summed E-state index contributed by atoms with van der Waals surface area (Å²) in [5.74, 6) is 0.377. The van der Waals surface area contributed by atoms with Gasteiger partial charge in [0.1, 0.15) is 6.10 Å². The van der Waals surface area contributed by atoms with Gasteiger partial charge in [-0.15, -0.1) is 0 Å². The number of carbonyl (C=O) groups is 1. The summed E-state index contributed by atoms with van der Waals surface area (Å²) in [6.45, 7) is 2.18. The van der Waals surface area contributed by atoms with Crippen molar-refractivity contribution in [1.82, 2.24) is 0 Å². The van der Waals surface area contributed by atoms with Gasteiger partial charge in [-0.1, -0.05) is 32.6 Å². The van der Waals surface area contributed by atoms with Crippen LogP contribution in [0, 0.1) is 5.92 Å². The van der Waals surface area contributed by atoms with E-state index in [1.165, 1.54) is 19.3 Å². The Hall–Kier alpha value is -0.370. The summed E-state index contributed by atoms with van der Waals surface area (Å²) in [6, 6.07) is 0. The molecule has 0 spiro atoms. The summed E-state index contributed by atoms with van der Waals surface area (Å²) in [5, 5.41) is 9.51. The molecule has 1 N–H and O–H groups in total. The van der Waals surface area contributed by atoms with Crippen molar-refractivity contribution in [3.63, 3.8) is 0 Å². The van der Waals surface area contributed by atoms with E-state index in [1.807, 2.05) is 0 Å². The van der Waals surface area contributed by atoms with Gasteiger partial charge in [-0.2, -0.15) is 0 Å². The zero-order valence-corrected chi connectivity index (χ0v) is 9.17. The van der Waals surface area contributed by atoms with Crippen LogP contribution in [0.25, 0.3) is 0 Å². The highest BCUT2D eigenvalue weighted by atomic mass is 16.3. The Morgan fingerprint density at radius 1 is 1.29 bits per heavy atom. The number of aliphatic hydroxyl groups is 1. The number of ketones is 1. The maximum atomic E-state index is 11.4. The van der Waals surface area contributed by atoms with E-state index in [9.17, 15) is 9.90 Å². The van der Waals surface area contributed by atoms with Crippen LogP contribution < -0.4 is 0 Å². The standard InChI is InChI=1S/C12H22O2/c1-2-3-4-5-6-7-11(13)12(14)10-8-9-10/h10,12,14H,2-9H2,1H3. The fourth-order valence-corrected chi connectivity index (χ4v) is 1.73. The number of hydrogen-bond donors (Lipinski definition) is 1. The van der Waals surface area contributed by atoms with Crippen molar-refractivity contribution >= 4 is 5.78 Å². The molecule has 1 aliphatic carbocycles. The lowest BCUT2D eigenvalue weighted by molar-refractivity contribution is -0.128. The van der Waals surface area contributed by atoms with Crippen molar-refractivity contribution in [2.45, 2.75) is 64.4 Å². The second kappa shape index (κ2) is 6.18. The molecule has 0 aromatic rings. The van der Waals surface area contributed by atoms with Gasteiger partial charge < -0.3 is 5.11 Å². The molecule has 0 heterocycles. The van der Waals surface area contributed by atoms with Crippen LogP contribution in [0.15, 0.2) is 0 Å². The third-order valence-electron chi connectivity index (χ3n) is 2.93. The lowest BCUT2D eigenvalue weighted by Crippen LogP contribution is -2.22. The van der Waals surface area contributed by atoms with Crippen molar-refractivity contribution in [3.05, 3.63) is 0 Å². The van der Waals surface area contributed by atoms with Gasteiger partial charge in [0.2, 0.25) is 0 Å². The van der Waals surface area contributed by atoms with Crippen LogP contribution in [0.2, 0.25) is 0 Å². The molecule has 0 aliphatic heterocycles. The monoisotopic (exact) mass is 198 g/mol. The normalized spacial score (nSPS) is 18.1. The first-order valence-electron chi connectivity index (χ1n) is 5.96. The van der Waals surface area contributed by atoms with Crippen molar-refractivity contribution in [2.24, 2.45) is 5.92 Å². The molecule has 0 aromatic carbocycles. The van der Waals surface area contributed by atoms with Gasteiger partial charge in [-0.25, -0.2) is 0 Å². The molecular weight excluding hydrogens is 176 g/mol. The van der Waals surface area contributed by atoms with Crippen LogP contribution in [-0.2, 0) is 4.79 Å². The highest BCUT2D eigenvalue weighted by molar-refractivity contribution is 5.83. The molecule has 1 aliphatic rings. The van der Waals surface area contributed by atoms with E-state index in [0.29, 0.717) is 12.3 Å².